The lowest BCUT2D eigenvalue weighted by Gasteiger charge is -2.17. The fourth-order valence-corrected chi connectivity index (χ4v) is 2.69. The standard InChI is InChI=1S/C19H21N3/c1-14-9-7-8-12-18(14)20-16(3)22-15(2)13-19(21-22)17-10-5-4-6-11-17/h4-14,18H,1-3H3. The molecule has 3 heteroatoms. The summed E-state index contributed by atoms with van der Waals surface area (Å²) in [6, 6.07) is 12.5. The predicted octanol–water partition coefficient (Wildman–Crippen LogP) is 4.26. The van der Waals surface area contributed by atoms with Crippen molar-refractivity contribution >= 4 is 5.84 Å². The molecular weight excluding hydrogens is 270 g/mol. The van der Waals surface area contributed by atoms with E-state index >= 15 is 0 Å². The molecule has 2 aromatic rings. The van der Waals surface area contributed by atoms with Crippen molar-refractivity contribution in [3.63, 3.8) is 0 Å². The van der Waals surface area contributed by atoms with Crippen LogP contribution in [0.1, 0.15) is 19.5 Å². The van der Waals surface area contributed by atoms with Gasteiger partial charge in [-0.25, -0.2) is 4.68 Å². The second-order valence-electron chi connectivity index (χ2n) is 5.74. The van der Waals surface area contributed by atoms with Crippen LogP contribution in [0.2, 0.25) is 0 Å². The van der Waals surface area contributed by atoms with E-state index < -0.39 is 0 Å². The van der Waals surface area contributed by atoms with E-state index in [2.05, 4.69) is 56.4 Å². The van der Waals surface area contributed by atoms with Crippen molar-refractivity contribution in [2.24, 2.45) is 10.9 Å². The molecule has 1 aromatic carbocycles. The molecule has 112 valence electrons. The van der Waals surface area contributed by atoms with Crippen LogP contribution in [0, 0.1) is 12.8 Å². The molecule has 0 aliphatic heterocycles. The van der Waals surface area contributed by atoms with Gasteiger partial charge in [0.15, 0.2) is 0 Å². The molecule has 22 heavy (non-hydrogen) atoms. The Morgan fingerprint density at radius 1 is 1.14 bits per heavy atom. The van der Waals surface area contributed by atoms with Gasteiger partial charge in [0.2, 0.25) is 0 Å². The van der Waals surface area contributed by atoms with Gasteiger partial charge >= 0.3 is 0 Å². The Hall–Kier alpha value is -2.42. The number of aryl methyl sites for hydroxylation is 1. The minimum absolute atomic E-state index is 0.189. The summed E-state index contributed by atoms with van der Waals surface area (Å²) >= 11 is 0. The molecular formula is C19H21N3. The summed E-state index contributed by atoms with van der Waals surface area (Å²) in [5.74, 6) is 1.35. The first-order valence-electron chi connectivity index (χ1n) is 7.67. The van der Waals surface area contributed by atoms with Gasteiger partial charge in [-0.05, 0) is 19.9 Å². The summed E-state index contributed by atoms with van der Waals surface area (Å²) in [7, 11) is 0. The SMILES string of the molecule is CC(=NC1C=CC=CC1C)n1nc(-c2ccccc2)cc1C. The van der Waals surface area contributed by atoms with E-state index in [-0.39, 0.29) is 6.04 Å². The number of hydrogen-bond donors (Lipinski definition) is 0. The van der Waals surface area contributed by atoms with Gasteiger partial charge in [-0.3, -0.25) is 4.99 Å². The van der Waals surface area contributed by atoms with Crippen molar-refractivity contribution in [2.45, 2.75) is 26.8 Å². The van der Waals surface area contributed by atoms with E-state index in [0.29, 0.717) is 5.92 Å². The molecule has 0 spiro atoms. The van der Waals surface area contributed by atoms with Crippen molar-refractivity contribution in [2.75, 3.05) is 0 Å². The number of aromatic nitrogens is 2. The minimum atomic E-state index is 0.189. The largest absolute Gasteiger partial charge is 0.263 e. The Kier molecular flexibility index (Phi) is 4.05. The van der Waals surface area contributed by atoms with E-state index in [4.69, 9.17) is 10.1 Å². The smallest absolute Gasteiger partial charge is 0.122 e. The molecule has 2 unspecified atom stereocenters. The van der Waals surface area contributed by atoms with Crippen LogP contribution in [-0.2, 0) is 0 Å². The molecule has 0 saturated heterocycles. The van der Waals surface area contributed by atoms with Gasteiger partial charge in [0.05, 0.1) is 11.7 Å². The van der Waals surface area contributed by atoms with E-state index in [1.807, 2.05) is 29.8 Å². The fraction of sp³-hybridized carbons (Fsp3) is 0.263. The summed E-state index contributed by atoms with van der Waals surface area (Å²) in [6.45, 7) is 6.28. The van der Waals surface area contributed by atoms with Crippen LogP contribution >= 0.6 is 0 Å². The van der Waals surface area contributed by atoms with Crippen molar-refractivity contribution in [3.8, 4) is 11.3 Å². The van der Waals surface area contributed by atoms with E-state index in [1.54, 1.807) is 0 Å². The van der Waals surface area contributed by atoms with Crippen LogP contribution < -0.4 is 0 Å². The summed E-state index contributed by atoms with van der Waals surface area (Å²) in [5, 5.41) is 4.71. The molecule has 1 aromatic heterocycles. The first-order valence-corrected chi connectivity index (χ1v) is 7.67. The summed E-state index contributed by atoms with van der Waals surface area (Å²) in [5.41, 5.74) is 3.22. The zero-order valence-electron chi connectivity index (χ0n) is 13.3. The van der Waals surface area contributed by atoms with Crippen LogP contribution in [0.15, 0.2) is 65.7 Å². The van der Waals surface area contributed by atoms with Crippen LogP contribution in [0.25, 0.3) is 11.3 Å². The number of rotatable bonds is 2. The van der Waals surface area contributed by atoms with E-state index in [9.17, 15) is 0 Å². The Bertz CT molecular complexity index is 735. The molecule has 1 aliphatic rings. The molecule has 3 nitrogen and oxygen atoms in total. The zero-order valence-corrected chi connectivity index (χ0v) is 13.3. The molecule has 3 rings (SSSR count). The molecule has 0 bridgehead atoms. The average molecular weight is 291 g/mol. The Balaban J connectivity index is 1.90. The lowest BCUT2D eigenvalue weighted by molar-refractivity contribution is 0.622. The highest BCUT2D eigenvalue weighted by Gasteiger charge is 2.14. The summed E-state index contributed by atoms with van der Waals surface area (Å²) in [4.78, 5) is 4.83. The molecule has 0 saturated carbocycles. The van der Waals surface area contributed by atoms with Crippen LogP contribution in [-0.4, -0.2) is 21.7 Å². The molecule has 0 radical (unpaired) electrons. The van der Waals surface area contributed by atoms with Gasteiger partial charge < -0.3 is 0 Å². The number of nitrogens with zero attached hydrogens (tertiary/aromatic N) is 3. The Labute approximate surface area is 131 Å². The molecule has 2 atom stereocenters. The van der Waals surface area contributed by atoms with Crippen molar-refractivity contribution in [1.82, 2.24) is 9.78 Å². The highest BCUT2D eigenvalue weighted by molar-refractivity contribution is 5.83. The summed E-state index contributed by atoms with van der Waals surface area (Å²) < 4.78 is 1.93. The molecule has 0 amide bonds. The lowest BCUT2D eigenvalue weighted by Crippen LogP contribution is -2.19. The quantitative estimate of drug-likeness (QED) is 0.601. The van der Waals surface area contributed by atoms with Crippen LogP contribution in [0.4, 0.5) is 0 Å². The third kappa shape index (κ3) is 2.93. The maximum absolute atomic E-state index is 4.83. The van der Waals surface area contributed by atoms with Gasteiger partial charge in [-0.1, -0.05) is 61.6 Å². The topological polar surface area (TPSA) is 30.2 Å². The Morgan fingerprint density at radius 2 is 1.86 bits per heavy atom. The third-order valence-electron chi connectivity index (χ3n) is 3.97. The second kappa shape index (κ2) is 6.14. The van der Waals surface area contributed by atoms with Gasteiger partial charge in [-0.15, -0.1) is 0 Å². The van der Waals surface area contributed by atoms with Crippen LogP contribution in [0.5, 0.6) is 0 Å². The van der Waals surface area contributed by atoms with E-state index in [0.717, 1.165) is 22.8 Å². The van der Waals surface area contributed by atoms with Gasteiger partial charge in [0.1, 0.15) is 5.84 Å². The number of aliphatic imine (C=N–C) groups is 1. The monoisotopic (exact) mass is 291 g/mol. The van der Waals surface area contributed by atoms with Crippen molar-refractivity contribution in [1.29, 1.82) is 0 Å². The highest BCUT2D eigenvalue weighted by Crippen LogP contribution is 2.19. The third-order valence-corrected chi connectivity index (χ3v) is 3.97. The zero-order chi connectivity index (χ0) is 15.5. The first kappa shape index (κ1) is 14.5. The average Bonchev–Trinajstić information content (AvgIpc) is 2.92. The second-order valence-corrected chi connectivity index (χ2v) is 5.74. The van der Waals surface area contributed by atoms with Crippen molar-refractivity contribution < 1.29 is 0 Å². The first-order chi connectivity index (χ1) is 10.6. The maximum atomic E-state index is 4.83. The van der Waals surface area contributed by atoms with Crippen LogP contribution in [0.3, 0.4) is 0 Å². The molecule has 0 N–H and O–H groups in total. The molecule has 1 heterocycles. The lowest BCUT2D eigenvalue weighted by atomic mass is 9.98. The fourth-order valence-electron chi connectivity index (χ4n) is 2.69. The van der Waals surface area contributed by atoms with Gasteiger partial charge in [-0.2, -0.15) is 5.10 Å². The number of benzene rings is 1. The Morgan fingerprint density at radius 3 is 2.59 bits per heavy atom. The van der Waals surface area contributed by atoms with Crippen molar-refractivity contribution in [3.05, 3.63) is 66.4 Å². The maximum Gasteiger partial charge on any atom is 0.122 e. The van der Waals surface area contributed by atoms with E-state index in [1.165, 1.54) is 0 Å². The highest BCUT2D eigenvalue weighted by atomic mass is 15.3. The minimum Gasteiger partial charge on any atom is -0.263 e. The summed E-state index contributed by atoms with van der Waals surface area (Å²) in [6.07, 6.45) is 8.48. The molecule has 1 aliphatic carbocycles. The predicted molar refractivity (Wildman–Crippen MR) is 92.1 cm³/mol. The number of allylic oxidation sites excluding steroid dienone is 2. The van der Waals surface area contributed by atoms with Gasteiger partial charge in [0, 0.05) is 17.2 Å². The number of hydrogen-bond acceptors (Lipinski definition) is 2. The molecule has 0 fully saturated rings. The van der Waals surface area contributed by atoms with Gasteiger partial charge in [0.25, 0.3) is 0 Å². The normalized spacial score (nSPS) is 21.3.